The highest BCUT2D eigenvalue weighted by atomic mass is 32.1. The van der Waals surface area contributed by atoms with E-state index in [1.165, 1.54) is 5.56 Å². The summed E-state index contributed by atoms with van der Waals surface area (Å²) in [6.07, 6.45) is 3.23. The standard InChI is InChI=1S/C16H25N3OS/c1-3-8-18(4-2)9-10-19-14(13-5-11-21-12-13)17-16(6-7-16)15(19)20/h5,11-12,14,17H,3-4,6-10H2,1-2H3. The zero-order chi connectivity index (χ0) is 14.9. The Kier molecular flexibility index (Phi) is 4.33. The average Bonchev–Trinajstić information content (AvgIpc) is 2.96. The lowest BCUT2D eigenvalue weighted by Gasteiger charge is -2.27. The summed E-state index contributed by atoms with van der Waals surface area (Å²) in [4.78, 5) is 17.2. The number of nitrogens with zero attached hydrogens (tertiary/aromatic N) is 2. The van der Waals surface area contributed by atoms with Crippen LogP contribution in [0.4, 0.5) is 0 Å². The third-order valence-corrected chi connectivity index (χ3v) is 5.35. The van der Waals surface area contributed by atoms with E-state index in [9.17, 15) is 4.79 Å². The normalized spacial score (nSPS) is 23.5. The van der Waals surface area contributed by atoms with Crippen molar-refractivity contribution in [3.05, 3.63) is 22.4 Å². The molecule has 3 rings (SSSR count). The molecular formula is C16H25N3OS. The van der Waals surface area contributed by atoms with Crippen LogP contribution in [0.15, 0.2) is 16.8 Å². The van der Waals surface area contributed by atoms with Gasteiger partial charge in [-0.15, -0.1) is 0 Å². The second-order valence-electron chi connectivity index (χ2n) is 6.12. The second kappa shape index (κ2) is 6.07. The van der Waals surface area contributed by atoms with Crippen molar-refractivity contribution < 1.29 is 4.79 Å². The van der Waals surface area contributed by atoms with Crippen molar-refractivity contribution in [3.8, 4) is 0 Å². The molecule has 1 saturated heterocycles. The SMILES string of the molecule is CCCN(CC)CCN1C(=O)C2(CC2)NC1c1ccsc1. The summed E-state index contributed by atoms with van der Waals surface area (Å²) in [5.41, 5.74) is 1.00. The van der Waals surface area contributed by atoms with Gasteiger partial charge in [0.2, 0.25) is 5.91 Å². The quantitative estimate of drug-likeness (QED) is 0.840. The number of hydrogen-bond acceptors (Lipinski definition) is 4. The van der Waals surface area contributed by atoms with Gasteiger partial charge in [-0.3, -0.25) is 10.1 Å². The first kappa shape index (κ1) is 15.0. The van der Waals surface area contributed by atoms with Crippen LogP contribution < -0.4 is 5.32 Å². The molecule has 2 heterocycles. The van der Waals surface area contributed by atoms with Crippen molar-refractivity contribution in [2.24, 2.45) is 0 Å². The van der Waals surface area contributed by atoms with Gasteiger partial charge in [0.1, 0.15) is 11.7 Å². The summed E-state index contributed by atoms with van der Waals surface area (Å²) < 4.78 is 0. The van der Waals surface area contributed by atoms with Gasteiger partial charge in [0.25, 0.3) is 0 Å². The minimum Gasteiger partial charge on any atom is -0.320 e. The Morgan fingerprint density at radius 3 is 2.81 bits per heavy atom. The fourth-order valence-electron chi connectivity index (χ4n) is 3.19. The Balaban J connectivity index is 1.69. The molecule has 1 aliphatic heterocycles. The smallest absolute Gasteiger partial charge is 0.244 e. The summed E-state index contributed by atoms with van der Waals surface area (Å²) in [5.74, 6) is 0.311. The van der Waals surface area contributed by atoms with Crippen LogP contribution in [0.2, 0.25) is 0 Å². The maximum atomic E-state index is 12.7. The molecule has 1 atom stereocenters. The predicted molar refractivity (Wildman–Crippen MR) is 86.3 cm³/mol. The molecule has 0 bridgehead atoms. The summed E-state index contributed by atoms with van der Waals surface area (Å²) >= 11 is 1.70. The largest absolute Gasteiger partial charge is 0.320 e. The van der Waals surface area contributed by atoms with Gasteiger partial charge in [0, 0.05) is 13.1 Å². The van der Waals surface area contributed by atoms with Crippen LogP contribution in [0.3, 0.4) is 0 Å². The van der Waals surface area contributed by atoms with Gasteiger partial charge in [-0.2, -0.15) is 11.3 Å². The van der Waals surface area contributed by atoms with Crippen LogP contribution in [-0.2, 0) is 4.79 Å². The minimum atomic E-state index is -0.228. The molecule has 1 N–H and O–H groups in total. The Labute approximate surface area is 131 Å². The number of amides is 1. The van der Waals surface area contributed by atoms with Crippen LogP contribution in [0, 0.1) is 0 Å². The van der Waals surface area contributed by atoms with E-state index in [4.69, 9.17) is 0 Å². The topological polar surface area (TPSA) is 35.6 Å². The molecule has 1 aliphatic carbocycles. The summed E-state index contributed by atoms with van der Waals surface area (Å²) in [6.45, 7) is 8.35. The van der Waals surface area contributed by atoms with Gasteiger partial charge in [0.05, 0.1) is 0 Å². The van der Waals surface area contributed by atoms with Gasteiger partial charge < -0.3 is 9.80 Å². The zero-order valence-corrected chi connectivity index (χ0v) is 13.8. The van der Waals surface area contributed by atoms with Crippen molar-refractivity contribution >= 4 is 17.2 Å². The highest BCUT2D eigenvalue weighted by Gasteiger charge is 2.59. The molecule has 1 amide bonds. The summed E-state index contributed by atoms with van der Waals surface area (Å²) in [6, 6.07) is 2.13. The Morgan fingerprint density at radius 1 is 1.43 bits per heavy atom. The molecule has 1 saturated carbocycles. The van der Waals surface area contributed by atoms with Crippen molar-refractivity contribution in [2.45, 2.75) is 44.8 Å². The molecule has 2 aliphatic rings. The number of carbonyl (C=O) groups excluding carboxylic acids is 1. The number of thiophene rings is 1. The minimum absolute atomic E-state index is 0.0755. The van der Waals surface area contributed by atoms with E-state index in [0.29, 0.717) is 5.91 Å². The van der Waals surface area contributed by atoms with Gasteiger partial charge in [-0.25, -0.2) is 0 Å². The van der Waals surface area contributed by atoms with Gasteiger partial charge in [0.15, 0.2) is 0 Å². The fourth-order valence-corrected chi connectivity index (χ4v) is 3.87. The lowest BCUT2D eigenvalue weighted by atomic mass is 10.2. The molecule has 1 spiro atoms. The number of likely N-dealkylation sites (N-methyl/N-ethyl adjacent to an activating group) is 1. The summed E-state index contributed by atoms with van der Waals surface area (Å²) in [5, 5.41) is 7.83. The molecule has 0 aromatic carbocycles. The number of rotatable bonds is 7. The second-order valence-corrected chi connectivity index (χ2v) is 6.90. The van der Waals surface area contributed by atoms with Crippen LogP contribution in [0.1, 0.15) is 44.8 Å². The van der Waals surface area contributed by atoms with Crippen molar-refractivity contribution in [1.29, 1.82) is 0 Å². The van der Waals surface area contributed by atoms with E-state index < -0.39 is 0 Å². The monoisotopic (exact) mass is 307 g/mol. The molecule has 116 valence electrons. The molecule has 21 heavy (non-hydrogen) atoms. The predicted octanol–water partition coefficient (Wildman–Crippen LogP) is 2.44. The molecule has 1 aromatic rings. The van der Waals surface area contributed by atoms with E-state index in [0.717, 1.165) is 45.4 Å². The molecule has 5 heteroatoms. The van der Waals surface area contributed by atoms with Gasteiger partial charge >= 0.3 is 0 Å². The Morgan fingerprint density at radius 2 is 2.24 bits per heavy atom. The first-order chi connectivity index (χ1) is 10.2. The van der Waals surface area contributed by atoms with Crippen molar-refractivity contribution in [1.82, 2.24) is 15.1 Å². The maximum Gasteiger partial charge on any atom is 0.244 e. The lowest BCUT2D eigenvalue weighted by molar-refractivity contribution is -0.131. The van der Waals surface area contributed by atoms with Crippen LogP contribution >= 0.6 is 11.3 Å². The molecule has 2 fully saturated rings. The van der Waals surface area contributed by atoms with Crippen LogP contribution in [0.25, 0.3) is 0 Å². The van der Waals surface area contributed by atoms with Gasteiger partial charge in [-0.1, -0.05) is 13.8 Å². The summed E-state index contributed by atoms with van der Waals surface area (Å²) in [7, 11) is 0. The van der Waals surface area contributed by atoms with E-state index in [1.807, 2.05) is 0 Å². The molecule has 1 aromatic heterocycles. The lowest BCUT2D eigenvalue weighted by Crippen LogP contribution is -2.39. The number of nitrogens with one attached hydrogen (secondary N) is 1. The number of hydrogen-bond donors (Lipinski definition) is 1. The first-order valence-electron chi connectivity index (χ1n) is 8.03. The molecule has 0 radical (unpaired) electrons. The van der Waals surface area contributed by atoms with Crippen LogP contribution in [-0.4, -0.2) is 47.4 Å². The third kappa shape index (κ3) is 2.87. The number of carbonyl (C=O) groups is 1. The highest BCUT2D eigenvalue weighted by Crippen LogP contribution is 2.46. The van der Waals surface area contributed by atoms with E-state index in [1.54, 1.807) is 11.3 Å². The first-order valence-corrected chi connectivity index (χ1v) is 8.97. The maximum absolute atomic E-state index is 12.7. The van der Waals surface area contributed by atoms with E-state index in [-0.39, 0.29) is 11.7 Å². The zero-order valence-electron chi connectivity index (χ0n) is 13.0. The van der Waals surface area contributed by atoms with Crippen LogP contribution in [0.5, 0.6) is 0 Å². The van der Waals surface area contributed by atoms with Gasteiger partial charge in [-0.05, 0) is 54.7 Å². The Hall–Kier alpha value is -0.910. The Bertz CT molecular complexity index is 484. The molecular weight excluding hydrogens is 282 g/mol. The van der Waals surface area contributed by atoms with Crippen molar-refractivity contribution in [3.63, 3.8) is 0 Å². The van der Waals surface area contributed by atoms with E-state index in [2.05, 4.69) is 45.8 Å². The van der Waals surface area contributed by atoms with E-state index >= 15 is 0 Å². The molecule has 1 unspecified atom stereocenters. The highest BCUT2D eigenvalue weighted by molar-refractivity contribution is 7.07. The fraction of sp³-hybridized carbons (Fsp3) is 0.688. The average molecular weight is 307 g/mol. The van der Waals surface area contributed by atoms with Crippen molar-refractivity contribution in [2.75, 3.05) is 26.2 Å². The third-order valence-electron chi connectivity index (χ3n) is 4.65. The molecule has 4 nitrogen and oxygen atoms in total.